The molecular weight excluding hydrogens is 543 g/mol. The van der Waals surface area contributed by atoms with E-state index in [4.69, 9.17) is 5.41 Å². The monoisotopic (exact) mass is 574 g/mol. The summed E-state index contributed by atoms with van der Waals surface area (Å²) in [7, 11) is 1.78. The average molecular weight is 575 g/mol. The van der Waals surface area contributed by atoms with Crippen molar-refractivity contribution in [3.8, 4) is 11.1 Å². The molecule has 3 aromatic rings. The summed E-state index contributed by atoms with van der Waals surface area (Å²) in [6.45, 7) is 4.84. The van der Waals surface area contributed by atoms with Gasteiger partial charge in [0.05, 0.1) is 6.04 Å². The first-order chi connectivity index (χ1) is 19.3. The van der Waals surface area contributed by atoms with Crippen LogP contribution in [0.4, 0.5) is 22.0 Å². The van der Waals surface area contributed by atoms with E-state index in [1.807, 2.05) is 0 Å². The highest BCUT2D eigenvalue weighted by atomic mass is 19.4. The molecule has 0 spiro atoms. The summed E-state index contributed by atoms with van der Waals surface area (Å²) in [5.74, 6) is -2.25. The zero-order valence-corrected chi connectivity index (χ0v) is 22.9. The minimum atomic E-state index is -4.72. The largest absolute Gasteiger partial charge is 0.435 e. The van der Waals surface area contributed by atoms with Crippen LogP contribution in [0.15, 0.2) is 42.6 Å². The highest BCUT2D eigenvalue weighted by Crippen LogP contribution is 2.42. The van der Waals surface area contributed by atoms with Crippen LogP contribution in [-0.2, 0) is 12.7 Å². The van der Waals surface area contributed by atoms with Crippen molar-refractivity contribution in [2.24, 2.45) is 5.92 Å². The van der Waals surface area contributed by atoms with Crippen LogP contribution in [0.25, 0.3) is 11.1 Å². The molecule has 0 bridgehead atoms. The van der Waals surface area contributed by atoms with Crippen LogP contribution in [0.5, 0.6) is 0 Å². The summed E-state index contributed by atoms with van der Waals surface area (Å²) >= 11 is 0. The van der Waals surface area contributed by atoms with Crippen molar-refractivity contribution in [1.82, 2.24) is 24.9 Å². The van der Waals surface area contributed by atoms with Gasteiger partial charge >= 0.3 is 6.18 Å². The molecule has 2 heterocycles. The maximum absolute atomic E-state index is 14.1. The van der Waals surface area contributed by atoms with E-state index in [2.05, 4.69) is 10.4 Å². The van der Waals surface area contributed by atoms with E-state index in [0.29, 0.717) is 24.2 Å². The minimum absolute atomic E-state index is 0.0354. The van der Waals surface area contributed by atoms with E-state index >= 15 is 0 Å². The van der Waals surface area contributed by atoms with E-state index in [0.717, 1.165) is 25.0 Å². The fraction of sp³-hybridized carbons (Fsp3) is 0.414. The van der Waals surface area contributed by atoms with Gasteiger partial charge in [0.25, 0.3) is 5.91 Å². The summed E-state index contributed by atoms with van der Waals surface area (Å²) in [5, 5.41) is 15.0. The Kier molecular flexibility index (Phi) is 7.52. The molecule has 1 aromatic heterocycles. The lowest BCUT2D eigenvalue weighted by Gasteiger charge is -2.21. The van der Waals surface area contributed by atoms with Crippen molar-refractivity contribution in [2.75, 3.05) is 20.1 Å². The highest BCUT2D eigenvalue weighted by molar-refractivity contribution is 5.96. The Morgan fingerprint density at radius 3 is 2.41 bits per heavy atom. The number of halogens is 5. The summed E-state index contributed by atoms with van der Waals surface area (Å²) in [6, 6.07) is 7.17. The molecule has 1 aliphatic heterocycles. The Bertz CT molecular complexity index is 1480. The molecule has 0 radical (unpaired) electrons. The lowest BCUT2D eigenvalue weighted by atomic mass is 9.97. The number of nitrogens with zero attached hydrogens (tertiary/aromatic N) is 4. The topological polar surface area (TPSA) is 77.2 Å². The number of nitrogens with one attached hydrogen (secondary N) is 2. The zero-order valence-electron chi connectivity index (χ0n) is 22.9. The fourth-order valence-electron chi connectivity index (χ4n) is 5.08. The SMILES string of the molecule is CC(C)n1cc(-c2cc(CN3CCN(C)C3=N)cc(C(=O)N[C@H](c3ccc(F)c(F)c3)C3CC3)c2)c(C(F)(F)F)n1. The summed E-state index contributed by atoms with van der Waals surface area (Å²) in [4.78, 5) is 17.1. The van der Waals surface area contributed by atoms with E-state index in [1.54, 1.807) is 42.8 Å². The molecular formula is C29H31F5N6O. The molecule has 218 valence electrons. The number of hydrogen-bond acceptors (Lipinski definition) is 3. The van der Waals surface area contributed by atoms with Gasteiger partial charge in [0, 0.05) is 50.0 Å². The van der Waals surface area contributed by atoms with Gasteiger partial charge in [-0.25, -0.2) is 8.78 Å². The quantitative estimate of drug-likeness (QED) is 0.324. The maximum Gasteiger partial charge on any atom is 0.435 e. The number of benzene rings is 2. The standard InChI is InChI=1S/C29H31F5N6O/c1-16(2)40-15-22(26(37-40)29(32,33)34)20-10-17(14-39-9-8-38(3)28(39)35)11-21(12-20)27(41)36-25(18-4-5-18)19-6-7-23(30)24(31)13-19/h6-7,10-13,15-16,18,25,35H,4-5,8-9,14H2,1-3H3,(H,36,41)/t25-/m0/s1. The van der Waals surface area contributed by atoms with Gasteiger partial charge in [0.1, 0.15) is 0 Å². The molecule has 2 aromatic carbocycles. The smallest absolute Gasteiger partial charge is 0.345 e. The van der Waals surface area contributed by atoms with E-state index in [9.17, 15) is 26.7 Å². The maximum atomic E-state index is 14.1. The van der Waals surface area contributed by atoms with Gasteiger partial charge in [-0.1, -0.05) is 6.07 Å². The zero-order chi connectivity index (χ0) is 29.6. The Morgan fingerprint density at radius 2 is 1.83 bits per heavy atom. The minimum Gasteiger partial charge on any atom is -0.345 e. The van der Waals surface area contributed by atoms with Crippen molar-refractivity contribution in [2.45, 2.75) is 51.5 Å². The van der Waals surface area contributed by atoms with Crippen molar-refractivity contribution >= 4 is 11.9 Å². The number of rotatable bonds is 8. The number of guanidine groups is 1. The van der Waals surface area contributed by atoms with Crippen molar-refractivity contribution < 1.29 is 26.7 Å². The predicted molar refractivity (Wildman–Crippen MR) is 143 cm³/mol. The number of aromatic nitrogens is 2. The second kappa shape index (κ2) is 10.8. The van der Waals surface area contributed by atoms with Gasteiger partial charge in [0.15, 0.2) is 23.3 Å². The lowest BCUT2D eigenvalue weighted by molar-refractivity contribution is -0.141. The molecule has 1 aliphatic carbocycles. The Hall–Kier alpha value is -3.96. The first-order valence-corrected chi connectivity index (χ1v) is 13.4. The molecule has 41 heavy (non-hydrogen) atoms. The third-order valence-corrected chi connectivity index (χ3v) is 7.52. The van der Waals surface area contributed by atoms with E-state index in [-0.39, 0.29) is 41.2 Å². The molecule has 2 fully saturated rings. The van der Waals surface area contributed by atoms with Crippen LogP contribution in [-0.4, -0.2) is 51.6 Å². The summed E-state index contributed by atoms with van der Waals surface area (Å²) < 4.78 is 71.0. The molecule has 5 rings (SSSR count). The second-order valence-electron chi connectivity index (χ2n) is 11.0. The Morgan fingerprint density at radius 1 is 1.10 bits per heavy atom. The van der Waals surface area contributed by atoms with Crippen LogP contribution in [0, 0.1) is 23.0 Å². The van der Waals surface area contributed by atoms with Gasteiger partial charge in [-0.3, -0.25) is 14.9 Å². The van der Waals surface area contributed by atoms with Gasteiger partial charge < -0.3 is 15.1 Å². The van der Waals surface area contributed by atoms with Crippen molar-refractivity contribution in [3.63, 3.8) is 0 Å². The van der Waals surface area contributed by atoms with Gasteiger partial charge in [-0.2, -0.15) is 18.3 Å². The Labute approximate surface area is 234 Å². The lowest BCUT2D eigenvalue weighted by Crippen LogP contribution is -2.31. The number of alkyl halides is 3. The molecule has 2 N–H and O–H groups in total. The average Bonchev–Trinajstić information content (AvgIpc) is 3.56. The summed E-state index contributed by atoms with van der Waals surface area (Å²) in [6.07, 6.45) is -1.81. The van der Waals surface area contributed by atoms with Gasteiger partial charge in [-0.05, 0) is 79.6 Å². The third kappa shape index (κ3) is 6.06. The number of carbonyl (C=O) groups is 1. The van der Waals surface area contributed by atoms with Gasteiger partial charge in [0.2, 0.25) is 0 Å². The van der Waals surface area contributed by atoms with Crippen LogP contribution >= 0.6 is 0 Å². The third-order valence-electron chi connectivity index (χ3n) is 7.52. The summed E-state index contributed by atoms with van der Waals surface area (Å²) in [5.41, 5.74) is 0.0456. The first kappa shape index (κ1) is 28.6. The Balaban J connectivity index is 1.55. The number of carbonyl (C=O) groups excluding carboxylic acids is 1. The molecule has 7 nitrogen and oxygen atoms in total. The molecule has 1 amide bonds. The van der Waals surface area contributed by atoms with E-state index < -0.39 is 35.5 Å². The van der Waals surface area contributed by atoms with Crippen LogP contribution in [0.2, 0.25) is 0 Å². The second-order valence-corrected chi connectivity index (χ2v) is 11.0. The van der Waals surface area contributed by atoms with Crippen molar-refractivity contribution in [3.05, 3.63) is 76.6 Å². The van der Waals surface area contributed by atoms with Crippen LogP contribution in [0.1, 0.15) is 66.0 Å². The van der Waals surface area contributed by atoms with Crippen molar-refractivity contribution in [1.29, 1.82) is 5.41 Å². The number of amides is 1. The molecule has 1 saturated carbocycles. The van der Waals surface area contributed by atoms with Gasteiger partial charge in [-0.15, -0.1) is 0 Å². The number of hydrogen-bond donors (Lipinski definition) is 2. The molecule has 1 atom stereocenters. The predicted octanol–water partition coefficient (Wildman–Crippen LogP) is 5.99. The molecule has 1 saturated heterocycles. The number of likely N-dealkylation sites (N-methyl/N-ethyl adjacent to an activating group) is 1. The van der Waals surface area contributed by atoms with Crippen LogP contribution in [0.3, 0.4) is 0 Å². The normalized spacial score (nSPS) is 16.6. The van der Waals surface area contributed by atoms with E-state index in [1.165, 1.54) is 23.0 Å². The fourth-order valence-corrected chi connectivity index (χ4v) is 5.08. The highest BCUT2D eigenvalue weighted by Gasteiger charge is 2.38. The molecule has 12 heteroatoms. The van der Waals surface area contributed by atoms with Crippen LogP contribution < -0.4 is 5.32 Å². The molecule has 2 aliphatic rings. The first-order valence-electron chi connectivity index (χ1n) is 13.4. The molecule has 0 unspecified atom stereocenters.